The number of rotatable bonds is 5. The number of hydrogen-bond donors (Lipinski definition) is 0. The van der Waals surface area contributed by atoms with Gasteiger partial charge >= 0.3 is 0 Å². The van der Waals surface area contributed by atoms with E-state index >= 15 is 0 Å². The molecule has 0 N–H and O–H groups in total. The molecule has 0 spiro atoms. The van der Waals surface area contributed by atoms with Gasteiger partial charge in [-0.05, 0) is 37.4 Å². The first-order chi connectivity index (χ1) is 9.02. The van der Waals surface area contributed by atoms with E-state index in [1.165, 1.54) is 0 Å². The van der Waals surface area contributed by atoms with Crippen molar-refractivity contribution in [3.8, 4) is 0 Å². The van der Waals surface area contributed by atoms with E-state index in [4.69, 9.17) is 4.42 Å². The molecule has 1 aromatic rings. The maximum absolute atomic E-state index is 11.6. The van der Waals surface area contributed by atoms with Gasteiger partial charge in [0.1, 0.15) is 5.76 Å². The molecule has 0 bridgehead atoms. The normalized spacial score (nSPS) is 25.6. The monoisotopic (exact) mass is 285 g/mol. The lowest BCUT2D eigenvalue weighted by atomic mass is 9.91. The Hall–Kier alpha value is -0.810. The molecule has 2 rings (SSSR count). The SMILES string of the molecule is CCS(=O)(=O)CCN1CCC(C)CC1c1ccco1. The molecule has 108 valence electrons. The molecule has 2 heterocycles. The Morgan fingerprint density at radius 3 is 2.89 bits per heavy atom. The van der Waals surface area contributed by atoms with Crippen LogP contribution < -0.4 is 0 Å². The molecular weight excluding hydrogens is 262 g/mol. The molecule has 0 amide bonds. The summed E-state index contributed by atoms with van der Waals surface area (Å²) in [6, 6.07) is 4.12. The number of furan rings is 1. The summed E-state index contributed by atoms with van der Waals surface area (Å²) in [5.74, 6) is 2.09. The average Bonchev–Trinajstić information content (AvgIpc) is 2.91. The van der Waals surface area contributed by atoms with Gasteiger partial charge in [0.25, 0.3) is 0 Å². The van der Waals surface area contributed by atoms with Crippen LogP contribution in [0.25, 0.3) is 0 Å². The van der Waals surface area contributed by atoms with Gasteiger partial charge in [-0.15, -0.1) is 0 Å². The Bertz CT molecular complexity index is 481. The van der Waals surface area contributed by atoms with Crippen molar-refractivity contribution in [1.82, 2.24) is 4.90 Å². The van der Waals surface area contributed by atoms with Gasteiger partial charge in [-0.2, -0.15) is 0 Å². The third-order valence-corrected chi connectivity index (χ3v) is 5.66. The van der Waals surface area contributed by atoms with Crippen LogP contribution in [-0.2, 0) is 9.84 Å². The standard InChI is InChI=1S/C14H23NO3S/c1-3-19(16,17)10-8-15-7-6-12(2)11-13(15)14-5-4-9-18-14/h4-5,9,12-13H,3,6-8,10-11H2,1-2H3. The van der Waals surface area contributed by atoms with Gasteiger partial charge in [0.15, 0.2) is 9.84 Å². The van der Waals surface area contributed by atoms with Crippen molar-refractivity contribution in [2.45, 2.75) is 32.7 Å². The van der Waals surface area contributed by atoms with E-state index in [1.807, 2.05) is 12.1 Å². The fourth-order valence-electron chi connectivity index (χ4n) is 2.64. The summed E-state index contributed by atoms with van der Waals surface area (Å²) in [6.07, 6.45) is 3.86. The molecule has 2 atom stereocenters. The maximum atomic E-state index is 11.6. The zero-order valence-electron chi connectivity index (χ0n) is 11.7. The smallest absolute Gasteiger partial charge is 0.151 e. The van der Waals surface area contributed by atoms with Gasteiger partial charge in [0.2, 0.25) is 0 Å². The average molecular weight is 285 g/mol. The van der Waals surface area contributed by atoms with Crippen LogP contribution in [0.2, 0.25) is 0 Å². The minimum absolute atomic E-state index is 0.225. The third kappa shape index (κ3) is 3.83. The van der Waals surface area contributed by atoms with Crippen LogP contribution in [0.15, 0.2) is 22.8 Å². The summed E-state index contributed by atoms with van der Waals surface area (Å²) in [5, 5.41) is 0. The molecule has 19 heavy (non-hydrogen) atoms. The van der Waals surface area contributed by atoms with E-state index in [0.29, 0.717) is 12.5 Å². The molecule has 2 unspecified atom stereocenters. The second kappa shape index (κ2) is 6.09. The molecule has 1 aromatic heterocycles. The van der Waals surface area contributed by atoms with Gasteiger partial charge in [0, 0.05) is 12.3 Å². The van der Waals surface area contributed by atoms with Gasteiger partial charge in [-0.1, -0.05) is 13.8 Å². The van der Waals surface area contributed by atoms with Gasteiger partial charge in [-0.3, -0.25) is 4.90 Å². The first-order valence-corrected chi connectivity index (χ1v) is 8.82. The van der Waals surface area contributed by atoms with E-state index in [9.17, 15) is 8.42 Å². The van der Waals surface area contributed by atoms with Gasteiger partial charge in [-0.25, -0.2) is 8.42 Å². The van der Waals surface area contributed by atoms with Crippen molar-refractivity contribution in [3.05, 3.63) is 24.2 Å². The lowest BCUT2D eigenvalue weighted by Gasteiger charge is -2.37. The molecule has 0 radical (unpaired) electrons. The van der Waals surface area contributed by atoms with Crippen molar-refractivity contribution in [2.24, 2.45) is 5.92 Å². The second-order valence-corrected chi connectivity index (χ2v) is 7.91. The molecule has 0 saturated carbocycles. The first-order valence-electron chi connectivity index (χ1n) is 6.99. The Labute approximate surface area is 115 Å². The molecule has 0 aromatic carbocycles. The maximum Gasteiger partial charge on any atom is 0.151 e. The predicted molar refractivity (Wildman–Crippen MR) is 75.7 cm³/mol. The van der Waals surface area contributed by atoms with Crippen LogP contribution in [0.1, 0.15) is 38.5 Å². The van der Waals surface area contributed by atoms with Gasteiger partial charge < -0.3 is 4.42 Å². The topological polar surface area (TPSA) is 50.5 Å². The van der Waals surface area contributed by atoms with Gasteiger partial charge in [0.05, 0.1) is 18.1 Å². The summed E-state index contributed by atoms with van der Waals surface area (Å²) in [6.45, 7) is 5.51. The van der Waals surface area contributed by atoms with Crippen LogP contribution in [0.3, 0.4) is 0 Å². The fourth-order valence-corrected chi connectivity index (χ4v) is 3.44. The number of sulfone groups is 1. The summed E-state index contributed by atoms with van der Waals surface area (Å²) in [7, 11) is -2.90. The number of likely N-dealkylation sites (tertiary alicyclic amines) is 1. The molecule has 4 nitrogen and oxygen atoms in total. The fraction of sp³-hybridized carbons (Fsp3) is 0.714. The predicted octanol–water partition coefficient (Wildman–Crippen LogP) is 2.49. The highest BCUT2D eigenvalue weighted by atomic mass is 32.2. The van der Waals surface area contributed by atoms with Crippen molar-refractivity contribution in [2.75, 3.05) is 24.6 Å². The van der Waals surface area contributed by atoms with Crippen molar-refractivity contribution < 1.29 is 12.8 Å². The lowest BCUT2D eigenvalue weighted by molar-refractivity contribution is 0.109. The van der Waals surface area contributed by atoms with Crippen molar-refractivity contribution >= 4 is 9.84 Å². The number of nitrogens with zero attached hydrogens (tertiary/aromatic N) is 1. The van der Waals surface area contributed by atoms with Crippen LogP contribution in [0.4, 0.5) is 0 Å². The van der Waals surface area contributed by atoms with Crippen molar-refractivity contribution in [3.63, 3.8) is 0 Å². The zero-order valence-corrected chi connectivity index (χ0v) is 12.5. The van der Waals surface area contributed by atoms with E-state index in [2.05, 4.69) is 11.8 Å². The molecule has 1 fully saturated rings. The van der Waals surface area contributed by atoms with Crippen LogP contribution in [0.5, 0.6) is 0 Å². The minimum Gasteiger partial charge on any atom is -0.468 e. The van der Waals surface area contributed by atoms with Crippen LogP contribution >= 0.6 is 0 Å². The molecule has 0 aliphatic carbocycles. The largest absolute Gasteiger partial charge is 0.468 e. The van der Waals surface area contributed by atoms with Crippen LogP contribution in [-0.4, -0.2) is 37.9 Å². The molecule has 1 aliphatic rings. The van der Waals surface area contributed by atoms with Crippen LogP contribution in [0, 0.1) is 5.92 Å². The molecule has 1 saturated heterocycles. The Balaban J connectivity index is 2.04. The number of piperidine rings is 1. The zero-order chi connectivity index (χ0) is 13.9. The van der Waals surface area contributed by atoms with E-state index in [0.717, 1.165) is 25.1 Å². The number of hydrogen-bond acceptors (Lipinski definition) is 4. The summed E-state index contributed by atoms with van der Waals surface area (Å²) in [5.41, 5.74) is 0. The van der Waals surface area contributed by atoms with Crippen molar-refractivity contribution in [1.29, 1.82) is 0 Å². The second-order valence-electron chi connectivity index (χ2n) is 5.43. The highest BCUT2D eigenvalue weighted by molar-refractivity contribution is 7.91. The lowest BCUT2D eigenvalue weighted by Crippen LogP contribution is -2.39. The van der Waals surface area contributed by atoms with E-state index in [-0.39, 0.29) is 17.5 Å². The van der Waals surface area contributed by atoms with E-state index < -0.39 is 9.84 Å². The Morgan fingerprint density at radius 1 is 1.47 bits per heavy atom. The minimum atomic E-state index is -2.90. The van der Waals surface area contributed by atoms with E-state index in [1.54, 1.807) is 13.2 Å². The highest BCUT2D eigenvalue weighted by Crippen LogP contribution is 2.33. The molecular formula is C14H23NO3S. The molecule has 1 aliphatic heterocycles. The Kier molecular flexibility index (Phi) is 4.68. The third-order valence-electron chi connectivity index (χ3n) is 3.98. The first kappa shape index (κ1) is 14.6. The summed E-state index contributed by atoms with van der Waals surface area (Å²) >= 11 is 0. The molecule has 5 heteroatoms. The Morgan fingerprint density at radius 2 is 2.26 bits per heavy atom. The summed E-state index contributed by atoms with van der Waals surface area (Å²) < 4.78 is 28.8. The highest BCUT2D eigenvalue weighted by Gasteiger charge is 2.29. The quantitative estimate of drug-likeness (QED) is 0.834. The summed E-state index contributed by atoms with van der Waals surface area (Å²) in [4.78, 5) is 2.26.